The number of nitrogens with one attached hydrogen (secondary N) is 3. The first-order chi connectivity index (χ1) is 11.6. The highest BCUT2D eigenvalue weighted by atomic mass is 32.2. The van der Waals surface area contributed by atoms with E-state index < -0.39 is 27.5 Å². The van der Waals surface area contributed by atoms with Crippen molar-refractivity contribution < 1.29 is 26.0 Å². The number of aromatic amines is 1. The van der Waals surface area contributed by atoms with Gasteiger partial charge in [-0.2, -0.15) is 13.2 Å². The highest BCUT2D eigenvalue weighted by molar-refractivity contribution is 7.89. The molecular weight excluding hydrogens is 365 g/mol. The van der Waals surface area contributed by atoms with Gasteiger partial charge in [-0.25, -0.2) is 18.2 Å². The number of pyridine rings is 1. The zero-order chi connectivity index (χ0) is 18.2. The SMILES string of the molecule is O=c1[nH]c2ccc(S(=O)(=O)NNc3ccc(C(F)(F)F)cn3)cc2o1. The zero-order valence-corrected chi connectivity index (χ0v) is 12.9. The topological polar surface area (TPSA) is 117 Å². The third kappa shape index (κ3) is 3.64. The van der Waals surface area contributed by atoms with Crippen LogP contribution in [-0.2, 0) is 16.2 Å². The lowest BCUT2D eigenvalue weighted by atomic mass is 10.3. The molecule has 2 aromatic heterocycles. The second-order valence-electron chi connectivity index (χ2n) is 4.83. The molecule has 3 rings (SSSR count). The van der Waals surface area contributed by atoms with Crippen molar-refractivity contribution >= 4 is 26.9 Å². The highest BCUT2D eigenvalue weighted by Gasteiger charge is 2.30. The lowest BCUT2D eigenvalue weighted by Gasteiger charge is -2.10. The summed E-state index contributed by atoms with van der Waals surface area (Å²) in [5, 5.41) is 0. The molecule has 0 atom stereocenters. The van der Waals surface area contributed by atoms with Crippen LogP contribution in [0.5, 0.6) is 0 Å². The van der Waals surface area contributed by atoms with Gasteiger partial charge < -0.3 is 4.42 Å². The number of nitrogens with zero attached hydrogens (tertiary/aromatic N) is 1. The van der Waals surface area contributed by atoms with Crippen LogP contribution in [0.3, 0.4) is 0 Å². The van der Waals surface area contributed by atoms with Gasteiger partial charge in [0.05, 0.1) is 16.0 Å². The van der Waals surface area contributed by atoms with Crippen molar-refractivity contribution in [3.05, 3.63) is 52.6 Å². The van der Waals surface area contributed by atoms with E-state index in [4.69, 9.17) is 4.42 Å². The molecule has 3 N–H and O–H groups in total. The van der Waals surface area contributed by atoms with Crippen LogP contribution in [-0.4, -0.2) is 18.4 Å². The highest BCUT2D eigenvalue weighted by Crippen LogP contribution is 2.28. The van der Waals surface area contributed by atoms with Crippen LogP contribution in [0.15, 0.2) is 50.6 Å². The number of halogens is 3. The van der Waals surface area contributed by atoms with Gasteiger partial charge in [0.25, 0.3) is 10.0 Å². The number of H-pyrrole nitrogens is 1. The Kier molecular flexibility index (Phi) is 4.00. The van der Waals surface area contributed by atoms with E-state index in [1.54, 1.807) is 0 Å². The number of fused-ring (bicyclic) bond motifs is 1. The van der Waals surface area contributed by atoms with Gasteiger partial charge in [-0.3, -0.25) is 10.4 Å². The van der Waals surface area contributed by atoms with Crippen LogP contribution in [0.1, 0.15) is 5.56 Å². The molecule has 0 spiro atoms. The standard InChI is InChI=1S/C13H9F3N4O4S/c14-13(15,16)7-1-4-11(17-6-7)19-20-25(22,23)8-2-3-9-10(5-8)24-12(21)18-9/h1-6,20H,(H,17,19)(H,18,21). The van der Waals surface area contributed by atoms with E-state index in [-0.39, 0.29) is 16.3 Å². The van der Waals surface area contributed by atoms with Crippen molar-refractivity contribution in [2.45, 2.75) is 11.1 Å². The number of hydrogen-bond donors (Lipinski definition) is 3. The fraction of sp³-hybridized carbons (Fsp3) is 0.0769. The summed E-state index contributed by atoms with van der Waals surface area (Å²) in [6.45, 7) is 0. The van der Waals surface area contributed by atoms with E-state index in [9.17, 15) is 26.4 Å². The lowest BCUT2D eigenvalue weighted by molar-refractivity contribution is -0.137. The van der Waals surface area contributed by atoms with Crippen molar-refractivity contribution in [1.82, 2.24) is 14.8 Å². The summed E-state index contributed by atoms with van der Waals surface area (Å²) in [6, 6.07) is 5.41. The van der Waals surface area contributed by atoms with Crippen molar-refractivity contribution in [1.29, 1.82) is 0 Å². The number of benzene rings is 1. The number of anilines is 1. The third-order valence-corrected chi connectivity index (χ3v) is 4.35. The maximum Gasteiger partial charge on any atom is 0.417 e. The summed E-state index contributed by atoms with van der Waals surface area (Å²) in [5.74, 6) is -0.865. The molecule has 0 saturated carbocycles. The molecule has 1 aromatic carbocycles. The van der Waals surface area contributed by atoms with E-state index in [2.05, 4.69) is 15.4 Å². The Hall–Kier alpha value is -2.86. The quantitative estimate of drug-likeness (QED) is 0.600. The predicted molar refractivity (Wildman–Crippen MR) is 80.0 cm³/mol. The largest absolute Gasteiger partial charge is 0.417 e. The number of hydrazine groups is 1. The van der Waals surface area contributed by atoms with Crippen LogP contribution < -0.4 is 16.0 Å². The van der Waals surface area contributed by atoms with Gasteiger partial charge >= 0.3 is 11.9 Å². The summed E-state index contributed by atoms with van der Waals surface area (Å²) in [7, 11) is -4.08. The summed E-state index contributed by atoms with van der Waals surface area (Å²) in [6.07, 6.45) is -3.97. The fourth-order valence-electron chi connectivity index (χ4n) is 1.91. The first kappa shape index (κ1) is 17.0. The molecule has 132 valence electrons. The average Bonchev–Trinajstić information content (AvgIpc) is 2.91. The summed E-state index contributed by atoms with van der Waals surface area (Å²) < 4.78 is 66.4. The number of rotatable bonds is 4. The predicted octanol–water partition coefficient (Wildman–Crippen LogP) is 1.84. The molecule has 0 fully saturated rings. The van der Waals surface area contributed by atoms with E-state index >= 15 is 0 Å². The molecule has 0 aliphatic heterocycles. The minimum Gasteiger partial charge on any atom is -0.408 e. The van der Waals surface area contributed by atoms with E-state index in [0.717, 1.165) is 18.2 Å². The van der Waals surface area contributed by atoms with E-state index in [1.807, 2.05) is 4.83 Å². The smallest absolute Gasteiger partial charge is 0.408 e. The van der Waals surface area contributed by atoms with Gasteiger partial charge in [0.2, 0.25) is 0 Å². The monoisotopic (exact) mass is 374 g/mol. The Morgan fingerprint density at radius 3 is 2.56 bits per heavy atom. The molecule has 8 nitrogen and oxygen atoms in total. The maximum absolute atomic E-state index is 12.4. The first-order valence-electron chi connectivity index (χ1n) is 6.59. The van der Waals surface area contributed by atoms with Crippen LogP contribution in [0.4, 0.5) is 19.0 Å². The summed E-state index contributed by atoms with van der Waals surface area (Å²) in [5.41, 5.74) is 1.60. The second kappa shape index (κ2) is 5.89. The van der Waals surface area contributed by atoms with Crippen molar-refractivity contribution in [3.63, 3.8) is 0 Å². The van der Waals surface area contributed by atoms with E-state index in [1.165, 1.54) is 12.1 Å². The molecule has 12 heteroatoms. The van der Waals surface area contributed by atoms with Gasteiger partial charge in [-0.15, -0.1) is 4.83 Å². The number of alkyl halides is 3. The van der Waals surface area contributed by atoms with Crippen molar-refractivity contribution in [3.8, 4) is 0 Å². The number of hydrogen-bond acceptors (Lipinski definition) is 6. The number of aromatic nitrogens is 2. The molecule has 0 saturated heterocycles. The minimum atomic E-state index is -4.54. The second-order valence-corrected chi connectivity index (χ2v) is 6.52. The Morgan fingerprint density at radius 1 is 1.16 bits per heavy atom. The maximum atomic E-state index is 12.4. The third-order valence-electron chi connectivity index (χ3n) is 3.11. The molecule has 0 amide bonds. The van der Waals surface area contributed by atoms with Gasteiger partial charge in [0, 0.05) is 12.3 Å². The molecule has 0 unspecified atom stereocenters. The van der Waals surface area contributed by atoms with Gasteiger partial charge in [-0.1, -0.05) is 0 Å². The molecule has 0 aliphatic carbocycles. The average molecular weight is 374 g/mol. The Morgan fingerprint density at radius 2 is 1.92 bits per heavy atom. The molecule has 0 bridgehead atoms. The normalized spacial score (nSPS) is 12.4. The molecule has 25 heavy (non-hydrogen) atoms. The van der Waals surface area contributed by atoms with Crippen molar-refractivity contribution in [2.75, 3.05) is 5.43 Å². The zero-order valence-electron chi connectivity index (χ0n) is 12.1. The van der Waals surface area contributed by atoms with Gasteiger partial charge in [-0.05, 0) is 24.3 Å². The van der Waals surface area contributed by atoms with Gasteiger partial charge in [0.1, 0.15) is 5.82 Å². The number of sulfonamides is 1. The van der Waals surface area contributed by atoms with Gasteiger partial charge in [0.15, 0.2) is 5.58 Å². The Bertz CT molecular complexity index is 1070. The molecule has 0 radical (unpaired) electrons. The Balaban J connectivity index is 1.77. The van der Waals surface area contributed by atoms with E-state index in [0.29, 0.717) is 11.7 Å². The van der Waals surface area contributed by atoms with Crippen LogP contribution in [0, 0.1) is 0 Å². The Labute approximate surface area is 137 Å². The van der Waals surface area contributed by atoms with Crippen LogP contribution in [0.25, 0.3) is 11.1 Å². The minimum absolute atomic E-state index is 0.0422. The molecule has 0 aliphatic rings. The molecule has 2 heterocycles. The van der Waals surface area contributed by atoms with Crippen LogP contribution in [0.2, 0.25) is 0 Å². The molecular formula is C13H9F3N4O4S. The first-order valence-corrected chi connectivity index (χ1v) is 8.07. The fourth-order valence-corrected chi connectivity index (χ4v) is 2.77. The number of oxazole rings is 1. The van der Waals surface area contributed by atoms with Crippen molar-refractivity contribution in [2.24, 2.45) is 0 Å². The molecule has 3 aromatic rings. The summed E-state index contributed by atoms with van der Waals surface area (Å²) >= 11 is 0. The van der Waals surface area contributed by atoms with Crippen LogP contribution >= 0.6 is 0 Å². The lowest BCUT2D eigenvalue weighted by Crippen LogP contribution is -2.30. The summed E-state index contributed by atoms with van der Waals surface area (Å²) in [4.78, 5) is 18.6.